The van der Waals surface area contributed by atoms with Gasteiger partial charge in [0.1, 0.15) is 11.6 Å². The first kappa shape index (κ1) is 19.0. The Morgan fingerprint density at radius 1 is 1.38 bits per heavy atom. The van der Waals surface area contributed by atoms with Crippen molar-refractivity contribution in [3.63, 3.8) is 0 Å². The Balaban J connectivity index is 2.51. The van der Waals surface area contributed by atoms with Gasteiger partial charge in [-0.25, -0.2) is 4.39 Å². The Hall–Kier alpha value is -1.30. The summed E-state index contributed by atoms with van der Waals surface area (Å²) in [5.41, 5.74) is 0.400. The summed E-state index contributed by atoms with van der Waals surface area (Å²) in [6.45, 7) is 7.16. The van der Waals surface area contributed by atoms with Crippen LogP contribution >= 0.6 is 23.2 Å². The van der Waals surface area contributed by atoms with Crippen molar-refractivity contribution in [1.29, 1.82) is 0 Å². The number of phenolic OH excluding ortho intramolecular Hbond substituents is 1. The van der Waals surface area contributed by atoms with Crippen molar-refractivity contribution in [2.75, 3.05) is 12.5 Å². The van der Waals surface area contributed by atoms with E-state index in [0.29, 0.717) is 5.57 Å². The quantitative estimate of drug-likeness (QED) is 0.785. The van der Waals surface area contributed by atoms with Gasteiger partial charge in [0.2, 0.25) is 0 Å². The molecule has 1 unspecified atom stereocenters. The molecular weight excluding hydrogens is 356 g/mol. The van der Waals surface area contributed by atoms with E-state index in [9.17, 15) is 14.3 Å². The first-order chi connectivity index (χ1) is 11.1. The molecule has 1 N–H and O–H groups in total. The van der Waals surface area contributed by atoms with E-state index in [1.54, 1.807) is 27.7 Å². The molecule has 4 nitrogen and oxygen atoms in total. The van der Waals surface area contributed by atoms with E-state index in [1.807, 2.05) is 0 Å². The van der Waals surface area contributed by atoms with Crippen molar-refractivity contribution < 1.29 is 19.0 Å². The summed E-state index contributed by atoms with van der Waals surface area (Å²) >= 11 is 11.4. The van der Waals surface area contributed by atoms with Crippen LogP contribution < -0.4 is 0 Å². The maximum atomic E-state index is 14.5. The summed E-state index contributed by atoms with van der Waals surface area (Å²) in [6, 6.07) is 2.28. The van der Waals surface area contributed by atoms with E-state index >= 15 is 0 Å². The topological polar surface area (TPSA) is 49.8 Å². The van der Waals surface area contributed by atoms with Crippen LogP contribution in [0.5, 0.6) is 5.75 Å². The fourth-order valence-corrected chi connectivity index (χ4v) is 3.11. The van der Waals surface area contributed by atoms with Crippen molar-refractivity contribution in [1.82, 2.24) is 4.90 Å². The minimum Gasteiger partial charge on any atom is -0.506 e. The molecule has 132 valence electrons. The Morgan fingerprint density at radius 3 is 2.58 bits per heavy atom. The largest absolute Gasteiger partial charge is 0.506 e. The Bertz CT molecular complexity index is 703. The SMILES string of the molecule is CC1=C(C)C(OCCCl)N(C(C)(C)c2cc(O)c(Cl)cc2F)C1=O. The van der Waals surface area contributed by atoms with Gasteiger partial charge in [-0.2, -0.15) is 0 Å². The number of ether oxygens (including phenoxy) is 1. The van der Waals surface area contributed by atoms with E-state index in [2.05, 4.69) is 0 Å². The van der Waals surface area contributed by atoms with Gasteiger partial charge in [0, 0.05) is 17.0 Å². The Kier molecular flexibility index (Phi) is 5.47. The van der Waals surface area contributed by atoms with Gasteiger partial charge in [-0.1, -0.05) is 11.6 Å². The summed E-state index contributed by atoms with van der Waals surface area (Å²) in [6.07, 6.45) is -0.636. The second kappa shape index (κ2) is 6.90. The van der Waals surface area contributed by atoms with Crippen LogP contribution in [-0.4, -0.2) is 34.6 Å². The predicted molar refractivity (Wildman–Crippen MR) is 91.8 cm³/mol. The van der Waals surface area contributed by atoms with Gasteiger partial charge in [-0.05, 0) is 45.4 Å². The fourth-order valence-electron chi connectivity index (χ4n) is 2.87. The molecule has 0 aromatic heterocycles. The molecule has 0 fully saturated rings. The van der Waals surface area contributed by atoms with Crippen molar-refractivity contribution >= 4 is 29.1 Å². The van der Waals surface area contributed by atoms with Crippen molar-refractivity contribution in [2.45, 2.75) is 39.5 Å². The number of phenols is 1. The first-order valence-electron chi connectivity index (χ1n) is 7.50. The molecule has 1 aromatic carbocycles. The number of halogens is 3. The lowest BCUT2D eigenvalue weighted by atomic mass is 9.91. The van der Waals surface area contributed by atoms with E-state index < -0.39 is 17.6 Å². The van der Waals surface area contributed by atoms with Crippen LogP contribution in [0.2, 0.25) is 5.02 Å². The zero-order valence-corrected chi connectivity index (χ0v) is 15.5. The number of benzene rings is 1. The molecule has 1 aliphatic rings. The maximum absolute atomic E-state index is 14.5. The molecule has 0 aliphatic carbocycles. The highest BCUT2D eigenvalue weighted by Gasteiger charge is 2.45. The highest BCUT2D eigenvalue weighted by atomic mass is 35.5. The van der Waals surface area contributed by atoms with Crippen LogP contribution in [0.4, 0.5) is 4.39 Å². The molecule has 2 rings (SSSR count). The van der Waals surface area contributed by atoms with Crippen LogP contribution in [-0.2, 0) is 15.1 Å². The summed E-state index contributed by atoms with van der Waals surface area (Å²) < 4.78 is 20.2. The normalized spacial score (nSPS) is 18.7. The monoisotopic (exact) mass is 375 g/mol. The van der Waals surface area contributed by atoms with Gasteiger partial charge in [0.05, 0.1) is 17.2 Å². The van der Waals surface area contributed by atoms with E-state index in [-0.39, 0.29) is 34.7 Å². The number of rotatable bonds is 5. The number of aromatic hydroxyl groups is 1. The minimum absolute atomic E-state index is 0.0831. The molecule has 24 heavy (non-hydrogen) atoms. The molecule has 0 radical (unpaired) electrons. The Labute approximate surface area is 150 Å². The van der Waals surface area contributed by atoms with Gasteiger partial charge in [-0.3, -0.25) is 9.69 Å². The van der Waals surface area contributed by atoms with E-state index in [1.165, 1.54) is 11.0 Å². The van der Waals surface area contributed by atoms with Crippen LogP contribution in [0.25, 0.3) is 0 Å². The smallest absolute Gasteiger partial charge is 0.252 e. The number of nitrogens with zero attached hydrogens (tertiary/aromatic N) is 1. The van der Waals surface area contributed by atoms with Gasteiger partial charge >= 0.3 is 0 Å². The number of amides is 1. The zero-order valence-electron chi connectivity index (χ0n) is 14.0. The molecule has 1 aromatic rings. The highest BCUT2D eigenvalue weighted by Crippen LogP contribution is 2.41. The van der Waals surface area contributed by atoms with Crippen molar-refractivity contribution in [3.8, 4) is 5.75 Å². The average Bonchev–Trinajstić information content (AvgIpc) is 2.73. The predicted octanol–water partition coefficient (Wildman–Crippen LogP) is 4.18. The summed E-state index contributed by atoms with van der Waals surface area (Å²) in [5.74, 6) is -0.811. The van der Waals surface area contributed by atoms with Gasteiger partial charge < -0.3 is 9.84 Å². The molecule has 1 heterocycles. The van der Waals surface area contributed by atoms with Crippen LogP contribution in [0.1, 0.15) is 33.3 Å². The van der Waals surface area contributed by atoms with Gasteiger partial charge in [0.15, 0.2) is 6.23 Å². The second-order valence-electron chi connectivity index (χ2n) is 6.24. The molecule has 1 amide bonds. The van der Waals surface area contributed by atoms with Crippen LogP contribution in [0.3, 0.4) is 0 Å². The minimum atomic E-state index is -1.07. The summed E-state index contributed by atoms with van der Waals surface area (Å²) in [7, 11) is 0. The highest BCUT2D eigenvalue weighted by molar-refractivity contribution is 6.32. The third kappa shape index (κ3) is 3.13. The standard InChI is InChI=1S/C17H20Cl2FNO3/c1-9-10(2)16(24-6-5-18)21(15(9)23)17(3,4)11-7-14(22)12(19)8-13(11)20/h7-8,16,22H,5-6H2,1-4H3. The second-order valence-corrected chi connectivity index (χ2v) is 7.02. The third-order valence-electron chi connectivity index (χ3n) is 4.39. The maximum Gasteiger partial charge on any atom is 0.252 e. The average molecular weight is 376 g/mol. The van der Waals surface area contributed by atoms with E-state index in [4.69, 9.17) is 27.9 Å². The number of alkyl halides is 1. The lowest BCUT2D eigenvalue weighted by molar-refractivity contribution is -0.145. The van der Waals surface area contributed by atoms with Crippen molar-refractivity contribution in [3.05, 3.63) is 39.7 Å². The van der Waals surface area contributed by atoms with Gasteiger partial charge in [0.25, 0.3) is 5.91 Å². The molecule has 0 saturated heterocycles. The van der Waals surface area contributed by atoms with Gasteiger partial charge in [-0.15, -0.1) is 11.6 Å². The lowest BCUT2D eigenvalue weighted by Crippen LogP contribution is -2.50. The lowest BCUT2D eigenvalue weighted by Gasteiger charge is -2.41. The molecule has 7 heteroatoms. The first-order valence-corrected chi connectivity index (χ1v) is 8.41. The summed E-state index contributed by atoms with van der Waals surface area (Å²) in [4.78, 5) is 14.2. The number of hydrogen-bond acceptors (Lipinski definition) is 3. The zero-order chi connectivity index (χ0) is 18.2. The number of carbonyl (C=O) groups is 1. The number of carbonyl (C=O) groups excluding carboxylic acids is 1. The molecule has 0 saturated carbocycles. The molecule has 0 bridgehead atoms. The fraction of sp³-hybridized carbons (Fsp3) is 0.471. The van der Waals surface area contributed by atoms with Crippen LogP contribution in [0.15, 0.2) is 23.3 Å². The summed E-state index contributed by atoms with van der Waals surface area (Å²) in [5, 5.41) is 9.76. The number of hydrogen-bond donors (Lipinski definition) is 1. The molecule has 0 spiro atoms. The molecule has 1 atom stereocenters. The Morgan fingerprint density at radius 2 is 2.00 bits per heavy atom. The molecular formula is C17H20Cl2FNO3. The van der Waals surface area contributed by atoms with Crippen molar-refractivity contribution in [2.24, 2.45) is 0 Å². The molecule has 1 aliphatic heterocycles. The van der Waals surface area contributed by atoms with E-state index in [0.717, 1.165) is 11.6 Å². The van der Waals surface area contributed by atoms with Crippen LogP contribution in [0, 0.1) is 5.82 Å². The third-order valence-corrected chi connectivity index (χ3v) is 4.84.